The van der Waals surface area contributed by atoms with Crippen molar-refractivity contribution in [3.63, 3.8) is 0 Å². The minimum Gasteiger partial charge on any atom is -0.504 e. The van der Waals surface area contributed by atoms with Gasteiger partial charge >= 0.3 is 5.97 Å². The first kappa shape index (κ1) is 17.4. The molecule has 1 N–H and O–H groups in total. The van der Waals surface area contributed by atoms with E-state index in [0.29, 0.717) is 22.8 Å². The van der Waals surface area contributed by atoms with Crippen molar-refractivity contribution in [3.05, 3.63) is 65.1 Å². The molecule has 0 unspecified atom stereocenters. The summed E-state index contributed by atoms with van der Waals surface area (Å²) in [5.74, 6) is 0.867. The lowest BCUT2D eigenvalue weighted by Gasteiger charge is -2.09. The van der Waals surface area contributed by atoms with E-state index in [1.165, 1.54) is 14.2 Å². The van der Waals surface area contributed by atoms with Gasteiger partial charge in [0, 0.05) is 11.6 Å². The van der Waals surface area contributed by atoms with Crippen LogP contribution in [0.5, 0.6) is 17.2 Å². The van der Waals surface area contributed by atoms with Gasteiger partial charge in [0.05, 0.1) is 21.3 Å². The molecule has 0 atom stereocenters. The van der Waals surface area contributed by atoms with E-state index in [2.05, 4.69) is 0 Å². The molecule has 1 aliphatic heterocycles. The molecule has 0 aromatic heterocycles. The molecule has 26 heavy (non-hydrogen) atoms. The van der Waals surface area contributed by atoms with E-state index in [1.807, 2.05) is 0 Å². The second-order valence-corrected chi connectivity index (χ2v) is 5.46. The number of ether oxygens (including phenoxy) is 4. The number of esters is 1. The molecule has 134 valence electrons. The molecule has 2 aromatic carbocycles. The molecule has 0 saturated carbocycles. The number of carbonyl (C=O) groups is 1. The predicted molar refractivity (Wildman–Crippen MR) is 96.2 cm³/mol. The fourth-order valence-corrected chi connectivity index (χ4v) is 2.61. The lowest BCUT2D eigenvalue weighted by molar-refractivity contribution is -0.131. The molecular formula is C20H18O6. The summed E-state index contributed by atoms with van der Waals surface area (Å²) < 4.78 is 20.8. The predicted octanol–water partition coefficient (Wildman–Crippen LogP) is 3.58. The molecule has 6 heteroatoms. The molecule has 0 saturated heterocycles. The van der Waals surface area contributed by atoms with Gasteiger partial charge < -0.3 is 24.1 Å². The zero-order valence-corrected chi connectivity index (χ0v) is 14.6. The molecule has 0 fully saturated rings. The summed E-state index contributed by atoms with van der Waals surface area (Å²) in [7, 11) is 4.59. The van der Waals surface area contributed by atoms with Gasteiger partial charge in [-0.1, -0.05) is 12.1 Å². The molecule has 0 aliphatic carbocycles. The van der Waals surface area contributed by atoms with Crippen LogP contribution in [0.1, 0.15) is 11.1 Å². The lowest BCUT2D eigenvalue weighted by atomic mass is 10.0. The molecule has 0 radical (unpaired) electrons. The van der Waals surface area contributed by atoms with Gasteiger partial charge in [-0.05, 0) is 35.9 Å². The summed E-state index contributed by atoms with van der Waals surface area (Å²) in [4.78, 5) is 12.3. The number of hydrogen-bond acceptors (Lipinski definition) is 6. The van der Waals surface area contributed by atoms with Crippen LogP contribution in [0.4, 0.5) is 0 Å². The Morgan fingerprint density at radius 2 is 1.58 bits per heavy atom. The van der Waals surface area contributed by atoms with Crippen LogP contribution < -0.4 is 14.2 Å². The van der Waals surface area contributed by atoms with Gasteiger partial charge in [-0.2, -0.15) is 0 Å². The maximum absolute atomic E-state index is 12.3. The summed E-state index contributed by atoms with van der Waals surface area (Å²) in [6.07, 6.45) is 1.58. The van der Waals surface area contributed by atoms with E-state index in [4.69, 9.17) is 18.9 Å². The van der Waals surface area contributed by atoms with Crippen LogP contribution >= 0.6 is 0 Å². The maximum Gasteiger partial charge on any atom is 0.348 e. The monoisotopic (exact) mass is 354 g/mol. The van der Waals surface area contributed by atoms with Crippen molar-refractivity contribution < 1.29 is 28.8 Å². The van der Waals surface area contributed by atoms with Gasteiger partial charge in [0.2, 0.25) is 0 Å². The summed E-state index contributed by atoms with van der Waals surface area (Å²) in [6, 6.07) is 12.1. The summed E-state index contributed by atoms with van der Waals surface area (Å²) in [5, 5.41) is 10.5. The molecule has 1 aliphatic rings. The second-order valence-electron chi connectivity index (χ2n) is 5.46. The number of aliphatic hydroxyl groups is 1. The number of cyclic esters (lactones) is 1. The quantitative estimate of drug-likeness (QED) is 0.828. The van der Waals surface area contributed by atoms with Crippen molar-refractivity contribution in [2.45, 2.75) is 0 Å². The largest absolute Gasteiger partial charge is 0.504 e. The topological polar surface area (TPSA) is 74.2 Å². The second kappa shape index (κ2) is 7.23. The maximum atomic E-state index is 12.3. The van der Waals surface area contributed by atoms with E-state index < -0.39 is 5.97 Å². The van der Waals surface area contributed by atoms with Crippen molar-refractivity contribution in [2.24, 2.45) is 0 Å². The van der Waals surface area contributed by atoms with Gasteiger partial charge in [-0.15, -0.1) is 0 Å². The molecule has 3 rings (SSSR count). The first-order valence-corrected chi connectivity index (χ1v) is 7.81. The summed E-state index contributed by atoms with van der Waals surface area (Å²) >= 11 is 0. The Morgan fingerprint density at radius 3 is 2.19 bits per heavy atom. The standard InChI is InChI=1S/C20H18O6/c1-23-13-6-4-12(5-7-13)10-17-19(21)18(20(22)26-17)15-9-8-14(24-2)11-16(15)25-3/h4-11,21H,1-3H3/b17-10-. The van der Waals surface area contributed by atoms with E-state index in [-0.39, 0.29) is 17.1 Å². The van der Waals surface area contributed by atoms with Crippen molar-refractivity contribution in [2.75, 3.05) is 21.3 Å². The zero-order valence-electron chi connectivity index (χ0n) is 14.6. The van der Waals surface area contributed by atoms with Gasteiger partial charge in [0.15, 0.2) is 11.5 Å². The normalized spacial score (nSPS) is 15.2. The Balaban J connectivity index is 2.02. The third-order valence-corrected chi connectivity index (χ3v) is 3.97. The Labute approximate surface area is 150 Å². The molecule has 0 amide bonds. The average Bonchev–Trinajstić information content (AvgIpc) is 2.95. The first-order valence-electron chi connectivity index (χ1n) is 7.81. The van der Waals surface area contributed by atoms with Crippen LogP contribution in [-0.2, 0) is 9.53 Å². The molecule has 2 aromatic rings. The van der Waals surface area contributed by atoms with Crippen molar-refractivity contribution in [1.29, 1.82) is 0 Å². The first-order chi connectivity index (χ1) is 12.6. The summed E-state index contributed by atoms with van der Waals surface area (Å²) in [5.41, 5.74) is 1.22. The van der Waals surface area contributed by atoms with E-state index >= 15 is 0 Å². The Bertz CT molecular complexity index is 893. The van der Waals surface area contributed by atoms with Gasteiger partial charge in [0.1, 0.15) is 22.8 Å². The van der Waals surface area contributed by atoms with Crippen LogP contribution in [0.3, 0.4) is 0 Å². The summed E-state index contributed by atoms with van der Waals surface area (Å²) in [6.45, 7) is 0. The minimum atomic E-state index is -0.647. The molecule has 6 nitrogen and oxygen atoms in total. The third-order valence-electron chi connectivity index (χ3n) is 3.97. The van der Waals surface area contributed by atoms with E-state index in [1.54, 1.807) is 55.7 Å². The van der Waals surface area contributed by atoms with Crippen LogP contribution in [0.2, 0.25) is 0 Å². The highest BCUT2D eigenvalue weighted by Gasteiger charge is 2.33. The highest BCUT2D eigenvalue weighted by molar-refractivity contribution is 6.21. The van der Waals surface area contributed by atoms with E-state index in [0.717, 1.165) is 5.56 Å². The number of methoxy groups -OCH3 is 3. The van der Waals surface area contributed by atoms with Crippen LogP contribution in [-0.4, -0.2) is 32.4 Å². The number of aliphatic hydroxyl groups excluding tert-OH is 1. The van der Waals surface area contributed by atoms with Gasteiger partial charge in [-0.25, -0.2) is 4.79 Å². The average molecular weight is 354 g/mol. The lowest BCUT2D eigenvalue weighted by Crippen LogP contribution is -2.01. The van der Waals surface area contributed by atoms with E-state index in [9.17, 15) is 9.90 Å². The Hall–Kier alpha value is -3.41. The Morgan fingerprint density at radius 1 is 0.923 bits per heavy atom. The van der Waals surface area contributed by atoms with Crippen molar-refractivity contribution in [3.8, 4) is 17.2 Å². The zero-order chi connectivity index (χ0) is 18.7. The van der Waals surface area contributed by atoms with Crippen molar-refractivity contribution in [1.82, 2.24) is 0 Å². The Kier molecular flexibility index (Phi) is 4.84. The number of rotatable bonds is 5. The van der Waals surface area contributed by atoms with Crippen molar-refractivity contribution >= 4 is 17.6 Å². The number of carbonyl (C=O) groups excluding carboxylic acids is 1. The molecule has 0 bridgehead atoms. The minimum absolute atomic E-state index is 0.0456. The SMILES string of the molecule is COc1ccc(/C=C2\OC(=O)C(c3ccc(OC)cc3OC)=C2O)cc1. The molecular weight excluding hydrogens is 336 g/mol. The third kappa shape index (κ3) is 3.21. The molecule has 0 spiro atoms. The van der Waals surface area contributed by atoms with Crippen LogP contribution in [0.15, 0.2) is 54.0 Å². The number of benzene rings is 2. The number of hydrogen-bond donors (Lipinski definition) is 1. The fraction of sp³-hybridized carbons (Fsp3) is 0.150. The van der Waals surface area contributed by atoms with Crippen LogP contribution in [0, 0.1) is 0 Å². The van der Waals surface area contributed by atoms with Crippen LogP contribution in [0.25, 0.3) is 11.6 Å². The highest BCUT2D eigenvalue weighted by atomic mass is 16.6. The fourth-order valence-electron chi connectivity index (χ4n) is 2.61. The highest BCUT2D eigenvalue weighted by Crippen LogP contribution is 2.38. The van der Waals surface area contributed by atoms with Gasteiger partial charge in [-0.3, -0.25) is 0 Å². The van der Waals surface area contributed by atoms with Gasteiger partial charge in [0.25, 0.3) is 0 Å². The molecule has 1 heterocycles. The smallest absolute Gasteiger partial charge is 0.348 e.